The SMILES string of the molecule is N#Cc1ncccc1Cn1ccc(C(O)C(F)(F)F)c1. The fourth-order valence-electron chi connectivity index (χ4n) is 1.77. The van der Waals surface area contributed by atoms with Crippen LogP contribution >= 0.6 is 0 Å². The van der Waals surface area contributed by atoms with Crippen LogP contribution in [-0.4, -0.2) is 20.8 Å². The molecule has 0 bridgehead atoms. The van der Waals surface area contributed by atoms with Crippen molar-refractivity contribution in [2.75, 3.05) is 0 Å². The summed E-state index contributed by atoms with van der Waals surface area (Å²) in [7, 11) is 0. The van der Waals surface area contributed by atoms with Crippen LogP contribution in [0.1, 0.15) is 22.9 Å². The molecule has 0 saturated carbocycles. The Morgan fingerprint density at radius 1 is 1.40 bits per heavy atom. The average Bonchev–Trinajstić information content (AvgIpc) is 2.86. The normalized spacial score (nSPS) is 12.9. The number of aliphatic hydroxyl groups excluding tert-OH is 1. The van der Waals surface area contributed by atoms with Gasteiger partial charge in [-0.25, -0.2) is 4.98 Å². The number of aliphatic hydroxyl groups is 1. The lowest BCUT2D eigenvalue weighted by molar-refractivity contribution is -0.206. The lowest BCUT2D eigenvalue weighted by atomic mass is 10.2. The Bertz CT molecular complexity index is 643. The van der Waals surface area contributed by atoms with Gasteiger partial charge in [-0.1, -0.05) is 6.07 Å². The Morgan fingerprint density at radius 3 is 2.80 bits per heavy atom. The van der Waals surface area contributed by atoms with E-state index in [1.54, 1.807) is 12.1 Å². The molecule has 0 saturated heterocycles. The number of rotatable bonds is 3. The zero-order chi connectivity index (χ0) is 14.8. The Kier molecular flexibility index (Phi) is 3.77. The standard InChI is InChI=1S/C13H10F3N3O/c14-13(15,16)12(20)10-3-5-19(8-10)7-9-2-1-4-18-11(9)6-17/h1-5,8,12,20H,7H2. The third kappa shape index (κ3) is 2.97. The summed E-state index contributed by atoms with van der Waals surface area (Å²) in [5, 5.41) is 18.0. The van der Waals surface area contributed by atoms with Crippen LogP contribution in [0.5, 0.6) is 0 Å². The number of alkyl halides is 3. The summed E-state index contributed by atoms with van der Waals surface area (Å²) in [6.45, 7) is 0.210. The topological polar surface area (TPSA) is 61.8 Å². The van der Waals surface area contributed by atoms with Gasteiger partial charge in [-0.15, -0.1) is 0 Å². The van der Waals surface area contributed by atoms with Crippen LogP contribution in [0.3, 0.4) is 0 Å². The van der Waals surface area contributed by atoms with Crippen molar-refractivity contribution in [3.63, 3.8) is 0 Å². The molecule has 1 N–H and O–H groups in total. The van der Waals surface area contributed by atoms with Gasteiger partial charge in [-0.2, -0.15) is 18.4 Å². The molecule has 1 unspecified atom stereocenters. The molecule has 2 aromatic rings. The maximum Gasteiger partial charge on any atom is 0.418 e. The molecule has 0 aromatic carbocycles. The molecule has 2 heterocycles. The van der Waals surface area contributed by atoms with Crippen molar-refractivity contribution < 1.29 is 18.3 Å². The van der Waals surface area contributed by atoms with Gasteiger partial charge < -0.3 is 9.67 Å². The zero-order valence-electron chi connectivity index (χ0n) is 10.2. The molecule has 4 nitrogen and oxygen atoms in total. The summed E-state index contributed by atoms with van der Waals surface area (Å²) in [4.78, 5) is 3.87. The molecular weight excluding hydrogens is 271 g/mol. The first-order valence-corrected chi connectivity index (χ1v) is 5.66. The van der Waals surface area contributed by atoms with E-state index in [2.05, 4.69) is 4.98 Å². The van der Waals surface area contributed by atoms with Gasteiger partial charge >= 0.3 is 6.18 Å². The van der Waals surface area contributed by atoms with Gasteiger partial charge in [0.25, 0.3) is 0 Å². The lowest BCUT2D eigenvalue weighted by Gasteiger charge is -2.12. The van der Waals surface area contributed by atoms with E-state index in [1.165, 1.54) is 29.2 Å². The second-order valence-electron chi connectivity index (χ2n) is 4.18. The molecule has 0 amide bonds. The van der Waals surface area contributed by atoms with Gasteiger partial charge in [0.1, 0.15) is 11.8 Å². The molecule has 7 heteroatoms. The number of hydrogen-bond donors (Lipinski definition) is 1. The fourth-order valence-corrected chi connectivity index (χ4v) is 1.77. The molecule has 2 rings (SSSR count). The minimum Gasteiger partial charge on any atom is -0.379 e. The second kappa shape index (κ2) is 5.35. The van der Waals surface area contributed by atoms with Gasteiger partial charge in [0.2, 0.25) is 0 Å². The summed E-state index contributed by atoms with van der Waals surface area (Å²) >= 11 is 0. The highest BCUT2D eigenvalue weighted by Gasteiger charge is 2.39. The predicted octanol–water partition coefficient (Wildman–Crippen LogP) is 2.40. The summed E-state index contributed by atoms with van der Waals surface area (Å²) < 4.78 is 38.6. The lowest BCUT2D eigenvalue weighted by Crippen LogP contribution is -2.19. The highest BCUT2D eigenvalue weighted by molar-refractivity contribution is 5.31. The van der Waals surface area contributed by atoms with Gasteiger partial charge in [0, 0.05) is 36.3 Å². The summed E-state index contributed by atoms with van der Waals surface area (Å²) in [5.41, 5.74) is 0.581. The summed E-state index contributed by atoms with van der Waals surface area (Å²) in [5.74, 6) is 0. The zero-order valence-corrected chi connectivity index (χ0v) is 10.2. The number of halogens is 3. The monoisotopic (exact) mass is 281 g/mol. The van der Waals surface area contributed by atoms with Crippen LogP contribution < -0.4 is 0 Å². The second-order valence-corrected chi connectivity index (χ2v) is 4.18. The third-order valence-electron chi connectivity index (χ3n) is 2.75. The van der Waals surface area contributed by atoms with E-state index in [4.69, 9.17) is 10.4 Å². The van der Waals surface area contributed by atoms with Crippen LogP contribution in [-0.2, 0) is 6.54 Å². The first kappa shape index (κ1) is 14.1. The van der Waals surface area contributed by atoms with E-state index < -0.39 is 12.3 Å². The first-order chi connectivity index (χ1) is 9.41. The van der Waals surface area contributed by atoms with Crippen molar-refractivity contribution in [1.82, 2.24) is 9.55 Å². The van der Waals surface area contributed by atoms with Crippen molar-refractivity contribution in [3.8, 4) is 6.07 Å². The van der Waals surface area contributed by atoms with Crippen molar-refractivity contribution >= 4 is 0 Å². The predicted molar refractivity (Wildman–Crippen MR) is 63.5 cm³/mol. The van der Waals surface area contributed by atoms with Gasteiger partial charge in [-0.05, 0) is 12.1 Å². The average molecular weight is 281 g/mol. The van der Waals surface area contributed by atoms with E-state index in [1.807, 2.05) is 6.07 Å². The number of pyridine rings is 1. The van der Waals surface area contributed by atoms with E-state index in [9.17, 15) is 13.2 Å². The molecule has 104 valence electrons. The molecule has 0 aliphatic heterocycles. The summed E-state index contributed by atoms with van der Waals surface area (Å²) in [6.07, 6.45) is -3.12. The maximum atomic E-state index is 12.4. The highest BCUT2D eigenvalue weighted by Crippen LogP contribution is 2.32. The third-order valence-corrected chi connectivity index (χ3v) is 2.75. The quantitative estimate of drug-likeness (QED) is 0.939. The molecule has 0 fully saturated rings. The maximum absolute atomic E-state index is 12.4. The summed E-state index contributed by atoms with van der Waals surface area (Å²) in [6, 6.07) is 6.43. The largest absolute Gasteiger partial charge is 0.418 e. The number of aromatic nitrogens is 2. The molecular formula is C13H10F3N3O. The molecule has 0 aliphatic carbocycles. The highest BCUT2D eigenvalue weighted by atomic mass is 19.4. The molecule has 0 radical (unpaired) electrons. The van der Waals surface area contributed by atoms with Crippen LogP contribution in [0.25, 0.3) is 0 Å². The van der Waals surface area contributed by atoms with E-state index in [0.717, 1.165) is 0 Å². The van der Waals surface area contributed by atoms with E-state index in [0.29, 0.717) is 5.56 Å². The number of hydrogen-bond acceptors (Lipinski definition) is 3. The van der Waals surface area contributed by atoms with E-state index in [-0.39, 0.29) is 17.8 Å². The Labute approximate surface area is 112 Å². The van der Waals surface area contributed by atoms with Crippen molar-refractivity contribution in [1.29, 1.82) is 5.26 Å². The Balaban J connectivity index is 2.21. The smallest absolute Gasteiger partial charge is 0.379 e. The van der Waals surface area contributed by atoms with Crippen molar-refractivity contribution in [2.45, 2.75) is 18.8 Å². The minimum atomic E-state index is -4.70. The molecule has 0 aliphatic rings. The van der Waals surface area contributed by atoms with Crippen LogP contribution in [0.4, 0.5) is 13.2 Å². The first-order valence-electron chi connectivity index (χ1n) is 5.66. The van der Waals surface area contributed by atoms with E-state index >= 15 is 0 Å². The van der Waals surface area contributed by atoms with Gasteiger partial charge in [-0.3, -0.25) is 0 Å². The molecule has 0 spiro atoms. The van der Waals surface area contributed by atoms with Gasteiger partial charge in [0.15, 0.2) is 6.10 Å². The van der Waals surface area contributed by atoms with Crippen molar-refractivity contribution in [3.05, 3.63) is 53.6 Å². The van der Waals surface area contributed by atoms with Crippen LogP contribution in [0.15, 0.2) is 36.8 Å². The molecule has 2 aromatic heterocycles. The number of nitriles is 1. The molecule has 1 atom stereocenters. The fraction of sp³-hybridized carbons (Fsp3) is 0.231. The number of nitrogens with zero attached hydrogens (tertiary/aromatic N) is 3. The Hall–Kier alpha value is -2.33. The Morgan fingerprint density at radius 2 is 2.15 bits per heavy atom. The van der Waals surface area contributed by atoms with Crippen LogP contribution in [0.2, 0.25) is 0 Å². The molecule has 20 heavy (non-hydrogen) atoms. The van der Waals surface area contributed by atoms with Crippen molar-refractivity contribution in [2.24, 2.45) is 0 Å². The van der Waals surface area contributed by atoms with Gasteiger partial charge in [0.05, 0.1) is 0 Å². The van der Waals surface area contributed by atoms with Crippen LogP contribution in [0, 0.1) is 11.3 Å². The minimum absolute atomic E-state index is 0.210.